The first-order valence-corrected chi connectivity index (χ1v) is 20.4. The number of aryl methyl sites for hydroxylation is 1. The lowest BCUT2D eigenvalue weighted by Crippen LogP contribution is -2.06. The Kier molecular flexibility index (Phi) is 7.46. The summed E-state index contributed by atoms with van der Waals surface area (Å²) in [6.45, 7) is 0. The molecular formula is C52H32N4OS. The molecule has 0 saturated carbocycles. The number of nitrogens with zero attached hydrogens (tertiary/aromatic N) is 4. The molecule has 272 valence electrons. The van der Waals surface area contributed by atoms with Crippen LogP contribution < -0.4 is 0 Å². The van der Waals surface area contributed by atoms with E-state index >= 15 is 0 Å². The molecule has 0 spiro atoms. The molecular weight excluding hydrogens is 729 g/mol. The molecule has 0 aliphatic heterocycles. The number of hydrogen-bond acceptors (Lipinski definition) is 6. The second-order valence-corrected chi connectivity index (χ2v) is 15.9. The molecule has 0 saturated heterocycles. The van der Waals surface area contributed by atoms with Crippen LogP contribution in [0.3, 0.4) is 0 Å². The van der Waals surface area contributed by atoms with Gasteiger partial charge in [0.25, 0.3) is 0 Å². The van der Waals surface area contributed by atoms with Crippen LogP contribution in [0.25, 0.3) is 104 Å². The molecule has 0 fully saturated rings. The van der Waals surface area contributed by atoms with Crippen LogP contribution in [0.4, 0.5) is 0 Å². The maximum absolute atomic E-state index is 6.47. The predicted octanol–water partition coefficient (Wildman–Crippen LogP) is 13.7. The van der Waals surface area contributed by atoms with Gasteiger partial charge in [-0.3, -0.25) is 0 Å². The molecule has 0 atom stereocenters. The first-order chi connectivity index (χ1) is 28.7. The minimum absolute atomic E-state index is 0.615. The van der Waals surface area contributed by atoms with Crippen molar-refractivity contribution < 1.29 is 4.42 Å². The molecule has 6 heteroatoms. The highest BCUT2D eigenvalue weighted by Gasteiger charge is 2.25. The van der Waals surface area contributed by atoms with Crippen molar-refractivity contribution in [2.75, 3.05) is 0 Å². The number of fused-ring (bicyclic) bond motifs is 9. The van der Waals surface area contributed by atoms with Crippen LogP contribution in [0, 0.1) is 0 Å². The Morgan fingerprint density at radius 2 is 1.07 bits per heavy atom. The molecule has 4 heterocycles. The molecule has 0 bridgehead atoms. The van der Waals surface area contributed by atoms with E-state index in [9.17, 15) is 0 Å². The lowest BCUT2D eigenvalue weighted by molar-refractivity contribution is 0.590. The fraction of sp³-hybridized carbons (Fsp3) is 0.0385. The summed E-state index contributed by atoms with van der Waals surface area (Å²) >= 11 is 1.85. The van der Waals surface area contributed by atoms with Crippen LogP contribution in [0.5, 0.6) is 0 Å². The van der Waals surface area contributed by atoms with Crippen molar-refractivity contribution in [3.8, 4) is 45.2 Å². The van der Waals surface area contributed by atoms with E-state index in [0.29, 0.717) is 17.5 Å². The lowest BCUT2D eigenvalue weighted by Gasteiger charge is -2.15. The molecule has 11 aromatic rings. The second-order valence-electron chi connectivity index (χ2n) is 14.8. The van der Waals surface area contributed by atoms with Crippen molar-refractivity contribution in [3.63, 3.8) is 0 Å². The quantitative estimate of drug-likeness (QED) is 0.175. The summed E-state index contributed by atoms with van der Waals surface area (Å²) in [6.07, 6.45) is 4.01. The Morgan fingerprint density at radius 3 is 1.88 bits per heavy atom. The Bertz CT molecular complexity index is 3450. The maximum atomic E-state index is 6.47. The monoisotopic (exact) mass is 760 g/mol. The van der Waals surface area contributed by atoms with Gasteiger partial charge >= 0.3 is 0 Å². The third kappa shape index (κ3) is 5.22. The van der Waals surface area contributed by atoms with Gasteiger partial charge in [0.15, 0.2) is 17.5 Å². The predicted molar refractivity (Wildman–Crippen MR) is 239 cm³/mol. The second kappa shape index (κ2) is 13.2. The van der Waals surface area contributed by atoms with E-state index in [-0.39, 0.29) is 0 Å². The average molecular weight is 761 g/mol. The molecule has 0 radical (unpaired) electrons. The smallest absolute Gasteiger partial charge is 0.167 e. The maximum Gasteiger partial charge on any atom is 0.167 e. The highest BCUT2D eigenvalue weighted by Crippen LogP contribution is 2.45. The molecule has 4 aromatic heterocycles. The van der Waals surface area contributed by atoms with Gasteiger partial charge in [0, 0.05) is 53.2 Å². The molecule has 0 amide bonds. The molecule has 1 aliphatic carbocycles. The number of rotatable bonds is 5. The summed E-state index contributed by atoms with van der Waals surface area (Å²) in [5.41, 5.74) is 10.3. The van der Waals surface area contributed by atoms with E-state index in [2.05, 4.69) is 127 Å². The van der Waals surface area contributed by atoms with E-state index in [1.807, 2.05) is 53.8 Å². The van der Waals surface area contributed by atoms with Crippen molar-refractivity contribution in [1.29, 1.82) is 0 Å². The van der Waals surface area contributed by atoms with Crippen LogP contribution in [0.2, 0.25) is 0 Å². The van der Waals surface area contributed by atoms with Crippen molar-refractivity contribution in [2.24, 2.45) is 0 Å². The van der Waals surface area contributed by atoms with E-state index in [1.54, 1.807) is 0 Å². The lowest BCUT2D eigenvalue weighted by atomic mass is 9.92. The molecule has 0 N–H and O–H groups in total. The largest absolute Gasteiger partial charge is 0.456 e. The van der Waals surface area contributed by atoms with Gasteiger partial charge in [0.2, 0.25) is 0 Å². The van der Waals surface area contributed by atoms with Gasteiger partial charge in [-0.1, -0.05) is 152 Å². The van der Waals surface area contributed by atoms with E-state index < -0.39 is 0 Å². The van der Waals surface area contributed by atoms with Gasteiger partial charge < -0.3 is 4.42 Å². The Balaban J connectivity index is 0.976. The zero-order valence-corrected chi connectivity index (χ0v) is 32.0. The number of para-hydroxylation sites is 2. The van der Waals surface area contributed by atoms with Crippen LogP contribution in [0.15, 0.2) is 174 Å². The van der Waals surface area contributed by atoms with Gasteiger partial charge in [-0.2, -0.15) is 0 Å². The Labute approximate surface area is 337 Å². The van der Waals surface area contributed by atoms with Gasteiger partial charge in [0.05, 0.1) is 16.8 Å². The SMILES string of the molecule is C1=C(c2nc(-c3ccccc3)nc(-c3ccc(-c4ccc(-c5nc6ccccc6c6sc7ccccc7c56)c5ccccc45)cc3)n2)c2oc3ccccc3c2CC1. The summed E-state index contributed by atoms with van der Waals surface area (Å²) in [4.78, 5) is 20.6. The molecule has 5 nitrogen and oxygen atoms in total. The number of aromatic nitrogens is 4. The van der Waals surface area contributed by atoms with Crippen molar-refractivity contribution in [2.45, 2.75) is 12.8 Å². The number of pyridine rings is 1. The number of benzene rings is 7. The van der Waals surface area contributed by atoms with Gasteiger partial charge in [-0.15, -0.1) is 11.3 Å². The standard InChI is InChI=1S/C52H32N4OS/c1-2-13-32(14-3-1)50-54-51(56-52(55-50)42-21-12-20-39-37-17-7-10-23-44(37)57-48(39)42)33-27-25-31(26-28-33)34-29-30-38(36-16-5-4-15-35(34)36)47-46-41-19-8-11-24-45(41)58-49(46)40-18-6-9-22-43(40)53-47/h1-11,13-19,21-30H,12,20H2. The van der Waals surface area contributed by atoms with Gasteiger partial charge in [0.1, 0.15) is 11.3 Å². The fourth-order valence-corrected chi connectivity index (χ4v) is 9.95. The molecule has 1 aliphatic rings. The third-order valence-electron chi connectivity index (χ3n) is 11.4. The minimum Gasteiger partial charge on any atom is -0.456 e. The van der Waals surface area contributed by atoms with E-state index in [1.165, 1.54) is 41.9 Å². The van der Waals surface area contributed by atoms with Crippen molar-refractivity contribution in [1.82, 2.24) is 19.9 Å². The minimum atomic E-state index is 0.615. The first-order valence-electron chi connectivity index (χ1n) is 19.6. The summed E-state index contributed by atoms with van der Waals surface area (Å²) in [7, 11) is 0. The summed E-state index contributed by atoms with van der Waals surface area (Å²) in [5.74, 6) is 2.71. The Hall–Kier alpha value is -7.28. The molecule has 58 heavy (non-hydrogen) atoms. The number of furan rings is 1. The third-order valence-corrected chi connectivity index (χ3v) is 12.6. The van der Waals surface area contributed by atoms with Crippen LogP contribution >= 0.6 is 11.3 Å². The average Bonchev–Trinajstić information content (AvgIpc) is 3.88. The fourth-order valence-electron chi connectivity index (χ4n) is 8.71. The Morgan fingerprint density at radius 1 is 0.466 bits per heavy atom. The van der Waals surface area contributed by atoms with Crippen molar-refractivity contribution in [3.05, 3.63) is 187 Å². The normalized spacial score (nSPS) is 12.8. The van der Waals surface area contributed by atoms with Crippen molar-refractivity contribution >= 4 is 69.7 Å². The zero-order chi connectivity index (χ0) is 38.2. The summed E-state index contributed by atoms with van der Waals surface area (Å²) < 4.78 is 9.02. The first kappa shape index (κ1) is 32.9. The number of thiophene rings is 1. The highest BCUT2D eigenvalue weighted by atomic mass is 32.1. The van der Waals surface area contributed by atoms with E-state index in [0.717, 1.165) is 74.2 Å². The van der Waals surface area contributed by atoms with E-state index in [4.69, 9.17) is 24.4 Å². The topological polar surface area (TPSA) is 64.7 Å². The molecule has 12 rings (SSSR count). The van der Waals surface area contributed by atoms with Crippen LogP contribution in [-0.2, 0) is 6.42 Å². The van der Waals surface area contributed by atoms with Crippen LogP contribution in [0.1, 0.15) is 23.6 Å². The van der Waals surface area contributed by atoms with Gasteiger partial charge in [-0.25, -0.2) is 19.9 Å². The zero-order valence-electron chi connectivity index (χ0n) is 31.2. The van der Waals surface area contributed by atoms with Crippen LogP contribution in [-0.4, -0.2) is 19.9 Å². The molecule has 7 aromatic carbocycles. The number of allylic oxidation sites excluding steroid dienone is 1. The highest BCUT2D eigenvalue weighted by molar-refractivity contribution is 7.26. The van der Waals surface area contributed by atoms with Gasteiger partial charge in [-0.05, 0) is 52.9 Å². The summed E-state index contributed by atoms with van der Waals surface area (Å²) in [6, 6.07) is 57.4. The molecule has 0 unspecified atom stereocenters. The summed E-state index contributed by atoms with van der Waals surface area (Å²) in [5, 5.41) is 7.15. The number of hydrogen-bond donors (Lipinski definition) is 0.